The first kappa shape index (κ1) is 13.8. The van der Waals surface area contributed by atoms with E-state index in [0.29, 0.717) is 5.02 Å². The SMILES string of the molecule is CSc1ccc(Cl)cc1C1(C(=O)O)CCCCC1. The van der Waals surface area contributed by atoms with Crippen LogP contribution in [-0.2, 0) is 10.2 Å². The molecule has 0 atom stereocenters. The summed E-state index contributed by atoms with van der Waals surface area (Å²) in [5, 5.41) is 10.3. The average Bonchev–Trinajstić information content (AvgIpc) is 2.39. The second kappa shape index (κ2) is 5.54. The van der Waals surface area contributed by atoms with Gasteiger partial charge in [0.05, 0.1) is 5.41 Å². The van der Waals surface area contributed by atoms with E-state index in [1.807, 2.05) is 24.5 Å². The van der Waals surface area contributed by atoms with Crippen molar-refractivity contribution >= 4 is 29.3 Å². The average molecular weight is 285 g/mol. The molecule has 1 aromatic carbocycles. The Morgan fingerprint density at radius 1 is 1.33 bits per heavy atom. The zero-order valence-electron chi connectivity index (χ0n) is 10.4. The molecular formula is C14H17ClO2S. The Kier molecular flexibility index (Phi) is 4.23. The Bertz CT molecular complexity index is 453. The predicted octanol–water partition coefficient (Wildman–Crippen LogP) is 4.35. The predicted molar refractivity (Wildman–Crippen MR) is 75.6 cm³/mol. The van der Waals surface area contributed by atoms with Gasteiger partial charge in [-0.05, 0) is 42.9 Å². The molecule has 1 aliphatic rings. The van der Waals surface area contributed by atoms with Crippen LogP contribution in [0.15, 0.2) is 23.1 Å². The molecule has 0 unspecified atom stereocenters. The van der Waals surface area contributed by atoms with Crippen LogP contribution in [0.2, 0.25) is 5.02 Å². The molecule has 1 fully saturated rings. The van der Waals surface area contributed by atoms with E-state index in [4.69, 9.17) is 11.6 Å². The highest BCUT2D eigenvalue weighted by atomic mass is 35.5. The number of hydrogen-bond donors (Lipinski definition) is 1. The number of thioether (sulfide) groups is 1. The Hall–Kier alpha value is -0.670. The van der Waals surface area contributed by atoms with Gasteiger partial charge >= 0.3 is 5.97 Å². The van der Waals surface area contributed by atoms with E-state index in [0.717, 1.165) is 42.6 Å². The molecule has 2 nitrogen and oxygen atoms in total. The maximum atomic E-state index is 11.8. The molecular weight excluding hydrogens is 268 g/mol. The van der Waals surface area contributed by atoms with Crippen LogP contribution in [0.3, 0.4) is 0 Å². The molecule has 0 saturated heterocycles. The lowest BCUT2D eigenvalue weighted by Gasteiger charge is -2.35. The van der Waals surface area contributed by atoms with E-state index in [-0.39, 0.29) is 0 Å². The quantitative estimate of drug-likeness (QED) is 0.839. The summed E-state index contributed by atoms with van der Waals surface area (Å²) in [6, 6.07) is 5.60. The zero-order valence-corrected chi connectivity index (χ0v) is 12.0. The highest BCUT2D eigenvalue weighted by molar-refractivity contribution is 7.98. The zero-order chi connectivity index (χ0) is 13.2. The molecule has 1 aliphatic carbocycles. The van der Waals surface area contributed by atoms with Crippen molar-refractivity contribution in [2.45, 2.75) is 42.4 Å². The number of hydrogen-bond acceptors (Lipinski definition) is 2. The fraction of sp³-hybridized carbons (Fsp3) is 0.500. The number of carboxylic acid groups (broad SMARTS) is 1. The second-order valence-electron chi connectivity index (χ2n) is 4.79. The molecule has 0 heterocycles. The van der Waals surface area contributed by atoms with Crippen molar-refractivity contribution in [1.29, 1.82) is 0 Å². The van der Waals surface area contributed by atoms with Crippen molar-refractivity contribution < 1.29 is 9.90 Å². The summed E-state index contributed by atoms with van der Waals surface area (Å²) < 4.78 is 0. The lowest BCUT2D eigenvalue weighted by atomic mass is 9.69. The Balaban J connectivity index is 2.54. The van der Waals surface area contributed by atoms with Crippen LogP contribution in [0, 0.1) is 0 Å². The first-order valence-corrected chi connectivity index (χ1v) is 7.78. The van der Waals surface area contributed by atoms with Gasteiger partial charge in [0.2, 0.25) is 0 Å². The summed E-state index contributed by atoms with van der Waals surface area (Å²) >= 11 is 7.65. The van der Waals surface area contributed by atoms with E-state index in [9.17, 15) is 9.90 Å². The Labute approximate surface area is 117 Å². The van der Waals surface area contributed by atoms with Crippen molar-refractivity contribution in [2.24, 2.45) is 0 Å². The molecule has 1 aromatic rings. The van der Waals surface area contributed by atoms with Crippen LogP contribution in [-0.4, -0.2) is 17.3 Å². The van der Waals surface area contributed by atoms with Crippen molar-refractivity contribution in [3.8, 4) is 0 Å². The van der Waals surface area contributed by atoms with Crippen molar-refractivity contribution in [3.05, 3.63) is 28.8 Å². The van der Waals surface area contributed by atoms with Crippen LogP contribution >= 0.6 is 23.4 Å². The normalized spacial score (nSPS) is 18.6. The van der Waals surface area contributed by atoms with Crippen molar-refractivity contribution in [1.82, 2.24) is 0 Å². The van der Waals surface area contributed by atoms with Crippen molar-refractivity contribution in [3.63, 3.8) is 0 Å². The molecule has 0 radical (unpaired) electrons. The fourth-order valence-electron chi connectivity index (χ4n) is 2.81. The number of aliphatic carboxylic acids is 1. The summed E-state index contributed by atoms with van der Waals surface area (Å²) in [6.07, 6.45) is 6.50. The van der Waals surface area contributed by atoms with Gasteiger partial charge in [-0.15, -0.1) is 11.8 Å². The lowest BCUT2D eigenvalue weighted by molar-refractivity contribution is -0.145. The lowest BCUT2D eigenvalue weighted by Crippen LogP contribution is -2.38. The minimum absolute atomic E-state index is 0.619. The van der Waals surface area contributed by atoms with E-state index in [1.54, 1.807) is 11.8 Å². The van der Waals surface area contributed by atoms with Crippen LogP contribution in [0.25, 0.3) is 0 Å². The van der Waals surface area contributed by atoms with Gasteiger partial charge in [0.1, 0.15) is 0 Å². The third kappa shape index (κ3) is 2.39. The summed E-state index contributed by atoms with van der Waals surface area (Å²) in [4.78, 5) is 12.8. The fourth-order valence-corrected chi connectivity index (χ4v) is 3.66. The third-order valence-electron chi connectivity index (χ3n) is 3.79. The second-order valence-corrected chi connectivity index (χ2v) is 6.08. The van der Waals surface area contributed by atoms with Crippen LogP contribution in [0.5, 0.6) is 0 Å². The van der Waals surface area contributed by atoms with Crippen LogP contribution in [0.4, 0.5) is 0 Å². The monoisotopic (exact) mass is 284 g/mol. The van der Waals surface area contributed by atoms with Crippen LogP contribution in [0.1, 0.15) is 37.7 Å². The minimum atomic E-state index is -0.735. The molecule has 98 valence electrons. The summed E-state index contributed by atoms with van der Waals surface area (Å²) in [6.45, 7) is 0. The van der Waals surface area contributed by atoms with Gasteiger partial charge in [-0.2, -0.15) is 0 Å². The number of carboxylic acids is 1. The topological polar surface area (TPSA) is 37.3 Å². The summed E-state index contributed by atoms with van der Waals surface area (Å²) in [7, 11) is 0. The van der Waals surface area contributed by atoms with Gasteiger partial charge < -0.3 is 5.11 Å². The Morgan fingerprint density at radius 3 is 2.56 bits per heavy atom. The highest BCUT2D eigenvalue weighted by Crippen LogP contribution is 2.44. The van der Waals surface area contributed by atoms with Gasteiger partial charge in [-0.25, -0.2) is 0 Å². The molecule has 0 aliphatic heterocycles. The molecule has 1 N–H and O–H groups in total. The molecule has 4 heteroatoms. The van der Waals surface area contributed by atoms with Gasteiger partial charge in [-0.1, -0.05) is 30.9 Å². The maximum absolute atomic E-state index is 11.8. The smallest absolute Gasteiger partial charge is 0.314 e. The number of rotatable bonds is 3. The standard InChI is InChI=1S/C14H17ClO2S/c1-18-12-6-5-10(15)9-11(12)14(13(16)17)7-3-2-4-8-14/h5-6,9H,2-4,7-8H2,1H3,(H,16,17). The largest absolute Gasteiger partial charge is 0.481 e. The molecule has 0 bridgehead atoms. The number of carbonyl (C=O) groups is 1. The first-order valence-electron chi connectivity index (χ1n) is 6.17. The first-order chi connectivity index (χ1) is 8.60. The summed E-state index contributed by atoms with van der Waals surface area (Å²) in [5.74, 6) is -0.709. The van der Waals surface area contributed by atoms with E-state index < -0.39 is 11.4 Å². The molecule has 2 rings (SSSR count). The van der Waals surface area contributed by atoms with E-state index in [1.165, 1.54) is 0 Å². The summed E-state index contributed by atoms with van der Waals surface area (Å²) in [5.41, 5.74) is 0.163. The van der Waals surface area contributed by atoms with Gasteiger partial charge in [0.25, 0.3) is 0 Å². The number of halogens is 1. The maximum Gasteiger partial charge on any atom is 0.314 e. The molecule has 18 heavy (non-hydrogen) atoms. The number of benzene rings is 1. The molecule has 0 aromatic heterocycles. The van der Waals surface area contributed by atoms with Gasteiger partial charge in [-0.3, -0.25) is 4.79 Å². The molecule has 0 spiro atoms. The van der Waals surface area contributed by atoms with Crippen LogP contribution < -0.4 is 0 Å². The van der Waals surface area contributed by atoms with E-state index >= 15 is 0 Å². The molecule has 1 saturated carbocycles. The van der Waals surface area contributed by atoms with Gasteiger partial charge in [0, 0.05) is 9.92 Å². The van der Waals surface area contributed by atoms with Crippen molar-refractivity contribution in [2.75, 3.05) is 6.26 Å². The van der Waals surface area contributed by atoms with E-state index in [2.05, 4.69) is 0 Å². The highest BCUT2D eigenvalue weighted by Gasteiger charge is 2.42. The Morgan fingerprint density at radius 2 is 2.00 bits per heavy atom. The molecule has 0 amide bonds. The minimum Gasteiger partial charge on any atom is -0.481 e. The third-order valence-corrected chi connectivity index (χ3v) is 4.82. The van der Waals surface area contributed by atoms with Gasteiger partial charge in [0.15, 0.2) is 0 Å².